The molecule has 0 aromatic carbocycles. The van der Waals surface area contributed by atoms with E-state index in [-0.39, 0.29) is 6.61 Å². The molecule has 0 rings (SSSR count). The fourth-order valence-corrected chi connectivity index (χ4v) is 1.25. The van der Waals surface area contributed by atoms with E-state index in [1.165, 1.54) is 19.3 Å². The monoisotopic (exact) mass is 203 g/mol. The standard InChI is InChI=1S/C11H25NO2/c1-4-5-6-7-10(2)12-8-11(3,14)9-13/h10,12-14H,4-9H2,1-3H3. The Morgan fingerprint density at radius 3 is 2.50 bits per heavy atom. The van der Waals surface area contributed by atoms with Crippen LogP contribution in [0.5, 0.6) is 0 Å². The van der Waals surface area contributed by atoms with E-state index in [1.807, 2.05) is 0 Å². The van der Waals surface area contributed by atoms with Gasteiger partial charge in [-0.05, 0) is 20.3 Å². The summed E-state index contributed by atoms with van der Waals surface area (Å²) >= 11 is 0. The highest BCUT2D eigenvalue weighted by molar-refractivity contribution is 4.75. The highest BCUT2D eigenvalue weighted by Gasteiger charge is 2.18. The lowest BCUT2D eigenvalue weighted by atomic mass is 10.1. The van der Waals surface area contributed by atoms with Gasteiger partial charge < -0.3 is 15.5 Å². The minimum atomic E-state index is -0.987. The third-order valence-electron chi connectivity index (χ3n) is 2.41. The van der Waals surface area contributed by atoms with Crippen LogP contribution in [0.4, 0.5) is 0 Å². The Labute approximate surface area is 87.5 Å². The number of rotatable bonds is 8. The van der Waals surface area contributed by atoms with E-state index in [4.69, 9.17) is 5.11 Å². The van der Waals surface area contributed by atoms with Gasteiger partial charge in [0.15, 0.2) is 0 Å². The fraction of sp³-hybridized carbons (Fsp3) is 1.00. The third-order valence-corrected chi connectivity index (χ3v) is 2.41. The van der Waals surface area contributed by atoms with Crippen LogP contribution in [0.15, 0.2) is 0 Å². The van der Waals surface area contributed by atoms with Crippen molar-refractivity contribution in [1.82, 2.24) is 5.32 Å². The molecular weight excluding hydrogens is 178 g/mol. The molecule has 0 bridgehead atoms. The molecule has 3 nitrogen and oxygen atoms in total. The van der Waals surface area contributed by atoms with Gasteiger partial charge in [0.25, 0.3) is 0 Å². The van der Waals surface area contributed by atoms with Crippen LogP contribution in [-0.2, 0) is 0 Å². The number of nitrogens with one attached hydrogen (secondary N) is 1. The van der Waals surface area contributed by atoms with Crippen LogP contribution in [0.2, 0.25) is 0 Å². The lowest BCUT2D eigenvalue weighted by molar-refractivity contribution is 0.000901. The first-order valence-corrected chi connectivity index (χ1v) is 5.58. The van der Waals surface area contributed by atoms with E-state index in [9.17, 15) is 5.11 Å². The molecule has 0 aliphatic rings. The molecule has 3 N–H and O–H groups in total. The maximum Gasteiger partial charge on any atom is 0.0972 e. The molecule has 3 heteroatoms. The molecule has 0 spiro atoms. The zero-order chi connectivity index (χ0) is 11.0. The Balaban J connectivity index is 3.48. The molecule has 0 heterocycles. The molecule has 14 heavy (non-hydrogen) atoms. The summed E-state index contributed by atoms with van der Waals surface area (Å²) in [4.78, 5) is 0. The summed E-state index contributed by atoms with van der Waals surface area (Å²) in [6.45, 7) is 6.20. The van der Waals surface area contributed by atoms with Crippen LogP contribution in [-0.4, -0.2) is 35.0 Å². The predicted octanol–water partition coefficient (Wildman–Crippen LogP) is 1.29. The average molecular weight is 203 g/mol. The summed E-state index contributed by atoms with van der Waals surface area (Å²) in [5.74, 6) is 0. The Morgan fingerprint density at radius 1 is 1.36 bits per heavy atom. The van der Waals surface area contributed by atoms with Gasteiger partial charge in [-0.1, -0.05) is 26.2 Å². The maximum absolute atomic E-state index is 9.53. The molecule has 0 aromatic rings. The first-order chi connectivity index (χ1) is 6.52. The normalized spacial score (nSPS) is 17.8. The largest absolute Gasteiger partial charge is 0.393 e. The van der Waals surface area contributed by atoms with E-state index < -0.39 is 5.60 Å². The van der Waals surface area contributed by atoms with Crippen molar-refractivity contribution in [2.24, 2.45) is 0 Å². The Bertz CT molecular complexity index is 137. The zero-order valence-electron chi connectivity index (χ0n) is 9.71. The van der Waals surface area contributed by atoms with Gasteiger partial charge in [0, 0.05) is 12.6 Å². The molecule has 2 atom stereocenters. The van der Waals surface area contributed by atoms with Gasteiger partial charge in [0.05, 0.1) is 12.2 Å². The molecule has 0 aliphatic carbocycles. The summed E-state index contributed by atoms with van der Waals surface area (Å²) in [6.07, 6.45) is 4.87. The van der Waals surface area contributed by atoms with Crippen LogP contribution in [0.3, 0.4) is 0 Å². The van der Waals surface area contributed by atoms with Crippen LogP contribution >= 0.6 is 0 Å². The maximum atomic E-state index is 9.53. The number of unbranched alkanes of at least 4 members (excludes halogenated alkanes) is 2. The minimum absolute atomic E-state index is 0.193. The van der Waals surface area contributed by atoms with Crippen LogP contribution in [0.25, 0.3) is 0 Å². The molecule has 0 aliphatic heterocycles. The van der Waals surface area contributed by atoms with Crippen molar-refractivity contribution in [1.29, 1.82) is 0 Å². The molecule has 0 saturated heterocycles. The summed E-state index contributed by atoms with van der Waals surface area (Å²) in [7, 11) is 0. The van der Waals surface area contributed by atoms with Gasteiger partial charge >= 0.3 is 0 Å². The van der Waals surface area contributed by atoms with E-state index in [2.05, 4.69) is 19.2 Å². The number of hydrogen-bond acceptors (Lipinski definition) is 3. The molecule has 86 valence electrons. The molecule has 0 fully saturated rings. The highest BCUT2D eigenvalue weighted by atomic mass is 16.3. The third kappa shape index (κ3) is 7.30. The topological polar surface area (TPSA) is 52.5 Å². The molecule has 0 aromatic heterocycles. The van der Waals surface area contributed by atoms with Crippen LogP contribution < -0.4 is 5.32 Å². The van der Waals surface area contributed by atoms with E-state index in [0.717, 1.165) is 6.42 Å². The summed E-state index contributed by atoms with van der Waals surface area (Å²) in [5, 5.41) is 21.6. The molecule has 2 unspecified atom stereocenters. The van der Waals surface area contributed by atoms with Gasteiger partial charge in [0.1, 0.15) is 0 Å². The quantitative estimate of drug-likeness (QED) is 0.521. The Hall–Kier alpha value is -0.120. The van der Waals surface area contributed by atoms with Crippen molar-refractivity contribution in [2.45, 2.75) is 58.1 Å². The van der Waals surface area contributed by atoms with Gasteiger partial charge in [-0.15, -0.1) is 0 Å². The van der Waals surface area contributed by atoms with Crippen molar-refractivity contribution in [3.05, 3.63) is 0 Å². The lowest BCUT2D eigenvalue weighted by Gasteiger charge is -2.23. The molecule has 0 amide bonds. The van der Waals surface area contributed by atoms with E-state index in [0.29, 0.717) is 12.6 Å². The number of aliphatic hydroxyl groups is 2. The molecule has 0 radical (unpaired) electrons. The van der Waals surface area contributed by atoms with Crippen LogP contribution in [0.1, 0.15) is 46.5 Å². The number of aliphatic hydroxyl groups excluding tert-OH is 1. The second-order valence-corrected chi connectivity index (χ2v) is 4.43. The zero-order valence-corrected chi connectivity index (χ0v) is 9.71. The average Bonchev–Trinajstić information content (AvgIpc) is 2.16. The molecule has 0 saturated carbocycles. The van der Waals surface area contributed by atoms with Crippen LogP contribution in [0, 0.1) is 0 Å². The molecular formula is C11H25NO2. The minimum Gasteiger partial charge on any atom is -0.393 e. The second kappa shape index (κ2) is 7.21. The first kappa shape index (κ1) is 13.9. The smallest absolute Gasteiger partial charge is 0.0972 e. The number of hydrogen-bond donors (Lipinski definition) is 3. The SMILES string of the molecule is CCCCCC(C)NCC(C)(O)CO. The van der Waals surface area contributed by atoms with Gasteiger partial charge in [-0.25, -0.2) is 0 Å². The summed E-state index contributed by atoms with van der Waals surface area (Å²) in [6, 6.07) is 0.416. The van der Waals surface area contributed by atoms with Gasteiger partial charge in [0.2, 0.25) is 0 Å². The predicted molar refractivity (Wildman–Crippen MR) is 59.3 cm³/mol. The second-order valence-electron chi connectivity index (χ2n) is 4.43. The summed E-state index contributed by atoms with van der Waals surface area (Å²) < 4.78 is 0. The van der Waals surface area contributed by atoms with Gasteiger partial charge in [-0.2, -0.15) is 0 Å². The summed E-state index contributed by atoms with van der Waals surface area (Å²) in [5.41, 5.74) is -0.987. The van der Waals surface area contributed by atoms with Crippen molar-refractivity contribution in [3.8, 4) is 0 Å². The lowest BCUT2D eigenvalue weighted by Crippen LogP contribution is -2.44. The van der Waals surface area contributed by atoms with Crippen molar-refractivity contribution < 1.29 is 10.2 Å². The van der Waals surface area contributed by atoms with Crippen molar-refractivity contribution in [3.63, 3.8) is 0 Å². The van der Waals surface area contributed by atoms with E-state index >= 15 is 0 Å². The van der Waals surface area contributed by atoms with E-state index in [1.54, 1.807) is 6.92 Å². The Kier molecular flexibility index (Phi) is 7.15. The Morgan fingerprint density at radius 2 is 2.00 bits per heavy atom. The highest BCUT2D eigenvalue weighted by Crippen LogP contribution is 2.05. The van der Waals surface area contributed by atoms with Crippen molar-refractivity contribution in [2.75, 3.05) is 13.2 Å². The van der Waals surface area contributed by atoms with Gasteiger partial charge in [-0.3, -0.25) is 0 Å². The first-order valence-electron chi connectivity index (χ1n) is 5.58. The van der Waals surface area contributed by atoms with Crippen molar-refractivity contribution >= 4 is 0 Å². The fourth-order valence-electron chi connectivity index (χ4n) is 1.25.